The van der Waals surface area contributed by atoms with Crippen LogP contribution >= 0.6 is 0 Å². The lowest BCUT2D eigenvalue weighted by Crippen LogP contribution is -2.52. The van der Waals surface area contributed by atoms with E-state index in [9.17, 15) is 14.4 Å². The van der Waals surface area contributed by atoms with Gasteiger partial charge in [-0.2, -0.15) is 0 Å². The van der Waals surface area contributed by atoms with Crippen molar-refractivity contribution in [2.24, 2.45) is 0 Å². The smallest absolute Gasteiger partial charge is 0.259 e. The monoisotopic (exact) mass is 457 g/mol. The van der Waals surface area contributed by atoms with Crippen molar-refractivity contribution < 1.29 is 14.4 Å². The van der Waals surface area contributed by atoms with E-state index in [1.165, 1.54) is 4.90 Å². The number of hydrogen-bond acceptors (Lipinski definition) is 3. The molecule has 176 valence electrons. The van der Waals surface area contributed by atoms with Gasteiger partial charge in [-0.3, -0.25) is 19.3 Å². The zero-order chi connectivity index (χ0) is 24.4. The molecular formula is C28H31N3O3. The van der Waals surface area contributed by atoms with Gasteiger partial charge >= 0.3 is 0 Å². The van der Waals surface area contributed by atoms with E-state index in [-0.39, 0.29) is 36.9 Å². The summed E-state index contributed by atoms with van der Waals surface area (Å²) >= 11 is 0. The highest BCUT2D eigenvalue weighted by Crippen LogP contribution is 2.37. The second-order valence-corrected chi connectivity index (χ2v) is 9.08. The zero-order valence-electron chi connectivity index (χ0n) is 20.2. The number of amides is 3. The molecule has 34 heavy (non-hydrogen) atoms. The molecule has 0 saturated heterocycles. The van der Waals surface area contributed by atoms with Gasteiger partial charge in [0.05, 0.1) is 5.69 Å². The molecule has 0 bridgehead atoms. The molecule has 1 N–H and O–H groups in total. The minimum Gasteiger partial charge on any atom is -0.352 e. The van der Waals surface area contributed by atoms with E-state index in [1.54, 1.807) is 17.9 Å². The Morgan fingerprint density at radius 1 is 1.03 bits per heavy atom. The number of hydrogen-bond donors (Lipinski definition) is 1. The predicted molar refractivity (Wildman–Crippen MR) is 135 cm³/mol. The Morgan fingerprint density at radius 3 is 2.44 bits per heavy atom. The molecule has 0 spiro atoms. The van der Waals surface area contributed by atoms with Crippen molar-refractivity contribution in [3.8, 4) is 0 Å². The van der Waals surface area contributed by atoms with Crippen molar-refractivity contribution >= 4 is 34.2 Å². The van der Waals surface area contributed by atoms with Gasteiger partial charge in [-0.05, 0) is 50.3 Å². The van der Waals surface area contributed by atoms with Gasteiger partial charge in [-0.25, -0.2) is 0 Å². The molecule has 3 aromatic rings. The third-order valence-corrected chi connectivity index (χ3v) is 6.55. The number of benzene rings is 3. The van der Waals surface area contributed by atoms with Gasteiger partial charge in [0.15, 0.2) is 0 Å². The Labute approximate surface area is 200 Å². The van der Waals surface area contributed by atoms with Crippen molar-refractivity contribution in [2.45, 2.75) is 52.7 Å². The van der Waals surface area contributed by atoms with E-state index in [0.29, 0.717) is 5.56 Å². The molecule has 6 heteroatoms. The lowest BCUT2D eigenvalue weighted by molar-refractivity contribution is -0.139. The fourth-order valence-electron chi connectivity index (χ4n) is 4.42. The molecule has 1 heterocycles. The summed E-state index contributed by atoms with van der Waals surface area (Å²) in [4.78, 5) is 42.9. The number of nitrogens with one attached hydrogen (secondary N) is 1. The lowest BCUT2D eigenvalue weighted by atomic mass is 10.1. The average molecular weight is 458 g/mol. The van der Waals surface area contributed by atoms with Crippen LogP contribution in [0.5, 0.6) is 0 Å². The second-order valence-electron chi connectivity index (χ2n) is 9.08. The quantitative estimate of drug-likeness (QED) is 0.544. The molecule has 0 aromatic heterocycles. The molecule has 1 aliphatic rings. The summed E-state index contributed by atoms with van der Waals surface area (Å²) in [5.41, 5.74) is 3.36. The summed E-state index contributed by atoms with van der Waals surface area (Å²) in [7, 11) is 0. The van der Waals surface area contributed by atoms with Crippen LogP contribution in [-0.4, -0.2) is 41.2 Å². The number of aryl methyl sites for hydroxylation is 1. The van der Waals surface area contributed by atoms with Crippen molar-refractivity contribution in [2.75, 3.05) is 11.4 Å². The first-order valence-corrected chi connectivity index (χ1v) is 11.8. The van der Waals surface area contributed by atoms with Gasteiger partial charge in [-0.1, -0.05) is 61.0 Å². The number of carbonyl (C=O) groups is 3. The summed E-state index contributed by atoms with van der Waals surface area (Å²) < 4.78 is 0. The Bertz CT molecular complexity index is 1250. The fourth-order valence-corrected chi connectivity index (χ4v) is 4.42. The van der Waals surface area contributed by atoms with E-state index in [0.717, 1.165) is 34.0 Å². The summed E-state index contributed by atoms with van der Waals surface area (Å²) in [6, 6.07) is 18.6. The van der Waals surface area contributed by atoms with Gasteiger partial charge < -0.3 is 10.2 Å². The number of carbonyl (C=O) groups excluding carboxylic acids is 3. The minimum atomic E-state index is -0.683. The molecule has 3 amide bonds. The summed E-state index contributed by atoms with van der Waals surface area (Å²) in [6.07, 6.45) is 0.800. The van der Waals surface area contributed by atoms with Crippen LogP contribution in [0.25, 0.3) is 10.8 Å². The molecule has 0 aliphatic carbocycles. The summed E-state index contributed by atoms with van der Waals surface area (Å²) in [5, 5.41) is 4.82. The van der Waals surface area contributed by atoms with Crippen LogP contribution in [-0.2, 0) is 16.1 Å². The summed E-state index contributed by atoms with van der Waals surface area (Å²) in [5.74, 6) is -0.660. The normalized spacial score (nSPS) is 14.2. The highest BCUT2D eigenvalue weighted by molar-refractivity contribution is 6.26. The molecule has 3 aromatic carbocycles. The number of anilines is 1. The maximum absolute atomic E-state index is 13.7. The number of rotatable bonds is 8. The van der Waals surface area contributed by atoms with Crippen molar-refractivity contribution in [3.05, 3.63) is 77.4 Å². The van der Waals surface area contributed by atoms with E-state index in [4.69, 9.17) is 0 Å². The van der Waals surface area contributed by atoms with Crippen LogP contribution in [0.3, 0.4) is 0 Å². The Kier molecular flexibility index (Phi) is 6.68. The summed E-state index contributed by atoms with van der Waals surface area (Å²) in [6.45, 7) is 7.84. The van der Waals surface area contributed by atoms with Crippen LogP contribution in [0, 0.1) is 6.92 Å². The van der Waals surface area contributed by atoms with Crippen molar-refractivity contribution in [3.63, 3.8) is 0 Å². The standard InChI is InChI=1S/C28H31N3O3/c1-5-19(3)29-27(33)20(4)30(16-21-10-6-9-18(2)15-21)25(32)17-31-24-14-8-12-22-11-7-13-23(26(22)24)28(31)34/h6-15,19-20H,5,16-17H2,1-4H3,(H,29,33)/t19-,20+/m1/s1. The van der Waals surface area contributed by atoms with Gasteiger partial charge in [0.1, 0.15) is 12.6 Å². The zero-order valence-corrected chi connectivity index (χ0v) is 20.2. The molecule has 6 nitrogen and oxygen atoms in total. The predicted octanol–water partition coefficient (Wildman–Crippen LogP) is 4.44. The average Bonchev–Trinajstić information content (AvgIpc) is 3.10. The molecule has 1 aliphatic heterocycles. The van der Waals surface area contributed by atoms with E-state index in [2.05, 4.69) is 5.32 Å². The highest BCUT2D eigenvalue weighted by atomic mass is 16.2. The van der Waals surface area contributed by atoms with Gasteiger partial charge in [0.2, 0.25) is 11.8 Å². The van der Waals surface area contributed by atoms with Crippen molar-refractivity contribution in [1.29, 1.82) is 0 Å². The van der Waals surface area contributed by atoms with Crippen LogP contribution < -0.4 is 10.2 Å². The Balaban J connectivity index is 1.62. The van der Waals surface area contributed by atoms with Crippen LogP contribution in [0.1, 0.15) is 48.7 Å². The SMILES string of the molecule is CC[C@@H](C)NC(=O)[C@H](C)N(Cc1cccc(C)c1)C(=O)CN1C(=O)c2cccc3cccc1c23. The molecule has 0 radical (unpaired) electrons. The minimum absolute atomic E-state index is 0.0122. The lowest BCUT2D eigenvalue weighted by Gasteiger charge is -2.31. The van der Waals surface area contributed by atoms with Crippen LogP contribution in [0.4, 0.5) is 5.69 Å². The third kappa shape index (κ3) is 4.53. The largest absolute Gasteiger partial charge is 0.352 e. The maximum Gasteiger partial charge on any atom is 0.259 e. The maximum atomic E-state index is 13.7. The van der Waals surface area contributed by atoms with Crippen LogP contribution in [0.2, 0.25) is 0 Å². The highest BCUT2D eigenvalue weighted by Gasteiger charge is 2.34. The first-order chi connectivity index (χ1) is 16.3. The first kappa shape index (κ1) is 23.5. The fraction of sp³-hybridized carbons (Fsp3) is 0.321. The molecule has 2 atom stereocenters. The van der Waals surface area contributed by atoms with Crippen molar-refractivity contribution in [1.82, 2.24) is 10.2 Å². The molecule has 0 saturated carbocycles. The molecule has 0 fully saturated rings. The molecule has 0 unspecified atom stereocenters. The van der Waals surface area contributed by atoms with Crippen LogP contribution in [0.15, 0.2) is 60.7 Å². The van der Waals surface area contributed by atoms with Gasteiger partial charge in [0.25, 0.3) is 5.91 Å². The van der Waals surface area contributed by atoms with Gasteiger partial charge in [-0.15, -0.1) is 0 Å². The Morgan fingerprint density at radius 2 is 1.74 bits per heavy atom. The van der Waals surface area contributed by atoms with E-state index < -0.39 is 6.04 Å². The Hall–Kier alpha value is -3.67. The topological polar surface area (TPSA) is 69.7 Å². The molecule has 4 rings (SSSR count). The first-order valence-electron chi connectivity index (χ1n) is 11.8. The second kappa shape index (κ2) is 9.67. The van der Waals surface area contributed by atoms with E-state index >= 15 is 0 Å². The van der Waals surface area contributed by atoms with Gasteiger partial charge in [0, 0.05) is 23.5 Å². The molecular weight excluding hydrogens is 426 g/mol. The third-order valence-electron chi connectivity index (χ3n) is 6.55. The van der Waals surface area contributed by atoms with E-state index in [1.807, 2.05) is 75.4 Å². The number of nitrogens with zero attached hydrogens (tertiary/aromatic N) is 2.